The molecule has 0 aliphatic heterocycles. The van der Waals surface area contributed by atoms with Crippen LogP contribution in [-0.4, -0.2) is 6.54 Å². The molecule has 1 fully saturated rings. The van der Waals surface area contributed by atoms with Crippen molar-refractivity contribution in [3.63, 3.8) is 0 Å². The maximum atomic E-state index is 3.96. The van der Waals surface area contributed by atoms with Crippen LogP contribution in [0.1, 0.15) is 33.1 Å². The summed E-state index contributed by atoms with van der Waals surface area (Å²) in [7, 11) is 0. The summed E-state index contributed by atoms with van der Waals surface area (Å²) in [5, 5.41) is 0. The number of quaternary nitrogens is 1. The monoisotopic (exact) mass is 142 g/mol. The lowest BCUT2D eigenvalue weighted by Gasteiger charge is -2.12. The molecule has 3 N–H and O–H groups in total. The highest BCUT2D eigenvalue weighted by Crippen LogP contribution is 2.34. The minimum Gasteiger partial charge on any atom is -0.357 e. The van der Waals surface area contributed by atoms with Crippen molar-refractivity contribution in [3.05, 3.63) is 0 Å². The van der Waals surface area contributed by atoms with Crippen molar-refractivity contribution in [2.24, 2.45) is 17.8 Å². The summed E-state index contributed by atoms with van der Waals surface area (Å²) in [6.45, 7) is 5.84. The van der Waals surface area contributed by atoms with E-state index in [-0.39, 0.29) is 0 Å². The van der Waals surface area contributed by atoms with Gasteiger partial charge in [0.2, 0.25) is 0 Å². The van der Waals surface area contributed by atoms with Crippen LogP contribution in [0.25, 0.3) is 0 Å². The Morgan fingerprint density at radius 2 is 2.10 bits per heavy atom. The molecule has 0 saturated heterocycles. The van der Waals surface area contributed by atoms with E-state index in [1.54, 1.807) is 0 Å². The molecule has 0 spiro atoms. The summed E-state index contributed by atoms with van der Waals surface area (Å²) in [5.74, 6) is 2.86. The first-order valence-electron chi connectivity index (χ1n) is 4.53. The van der Waals surface area contributed by atoms with Gasteiger partial charge in [0, 0.05) is 5.92 Å². The Labute approximate surface area is 64.0 Å². The summed E-state index contributed by atoms with van der Waals surface area (Å²) >= 11 is 0. The van der Waals surface area contributed by atoms with Crippen molar-refractivity contribution in [1.82, 2.24) is 0 Å². The topological polar surface area (TPSA) is 27.6 Å². The molecule has 0 radical (unpaired) electrons. The van der Waals surface area contributed by atoms with Crippen LogP contribution in [0, 0.1) is 17.8 Å². The lowest BCUT2D eigenvalue weighted by molar-refractivity contribution is -0.378. The third-order valence-corrected chi connectivity index (χ3v) is 2.93. The zero-order valence-corrected chi connectivity index (χ0v) is 7.27. The standard InChI is InChI=1S/C9H19N/c1-7(2)9-4-3-8(5-9)6-10/h7-9H,3-6,10H2,1-2H3/p+1. The van der Waals surface area contributed by atoms with E-state index in [0.717, 1.165) is 24.3 Å². The molecule has 1 aliphatic rings. The highest BCUT2D eigenvalue weighted by atomic mass is 14.6. The fourth-order valence-corrected chi connectivity index (χ4v) is 1.98. The molecule has 0 amide bonds. The molecule has 1 nitrogen and oxygen atoms in total. The Bertz CT molecular complexity index is 98.9. The van der Waals surface area contributed by atoms with Crippen LogP contribution in [-0.2, 0) is 0 Å². The van der Waals surface area contributed by atoms with Crippen molar-refractivity contribution in [1.29, 1.82) is 0 Å². The summed E-state index contributed by atoms with van der Waals surface area (Å²) in [4.78, 5) is 0. The van der Waals surface area contributed by atoms with E-state index < -0.39 is 0 Å². The van der Waals surface area contributed by atoms with Gasteiger partial charge in [-0.1, -0.05) is 13.8 Å². The highest BCUT2D eigenvalue weighted by molar-refractivity contribution is 4.76. The first-order chi connectivity index (χ1) is 4.74. The molecule has 2 unspecified atom stereocenters. The van der Waals surface area contributed by atoms with Gasteiger partial charge in [-0.3, -0.25) is 0 Å². The molecule has 1 rings (SSSR count). The minimum absolute atomic E-state index is 0.900. The predicted molar refractivity (Wildman–Crippen MR) is 43.4 cm³/mol. The van der Waals surface area contributed by atoms with Gasteiger partial charge in [-0.15, -0.1) is 0 Å². The molecule has 0 aromatic carbocycles. The average Bonchev–Trinajstić information content (AvgIpc) is 2.34. The largest absolute Gasteiger partial charge is 0.357 e. The maximum absolute atomic E-state index is 3.96. The van der Waals surface area contributed by atoms with Gasteiger partial charge in [0.25, 0.3) is 0 Å². The van der Waals surface area contributed by atoms with Crippen LogP contribution in [0.2, 0.25) is 0 Å². The van der Waals surface area contributed by atoms with Crippen LogP contribution < -0.4 is 5.73 Å². The van der Waals surface area contributed by atoms with E-state index in [1.165, 1.54) is 19.3 Å². The van der Waals surface area contributed by atoms with Gasteiger partial charge in [0.1, 0.15) is 0 Å². The zero-order chi connectivity index (χ0) is 7.56. The summed E-state index contributed by atoms with van der Waals surface area (Å²) in [6, 6.07) is 0. The van der Waals surface area contributed by atoms with E-state index >= 15 is 0 Å². The Hall–Kier alpha value is -0.0400. The fourth-order valence-electron chi connectivity index (χ4n) is 1.98. The van der Waals surface area contributed by atoms with Crippen LogP contribution >= 0.6 is 0 Å². The highest BCUT2D eigenvalue weighted by Gasteiger charge is 2.26. The van der Waals surface area contributed by atoms with Crippen molar-refractivity contribution in [2.45, 2.75) is 33.1 Å². The normalized spacial score (nSPS) is 33.6. The van der Waals surface area contributed by atoms with Crippen molar-refractivity contribution in [3.8, 4) is 0 Å². The number of rotatable bonds is 2. The summed E-state index contributed by atoms with van der Waals surface area (Å²) < 4.78 is 0. The van der Waals surface area contributed by atoms with E-state index in [4.69, 9.17) is 0 Å². The molecule has 2 atom stereocenters. The van der Waals surface area contributed by atoms with Crippen molar-refractivity contribution >= 4 is 0 Å². The zero-order valence-electron chi connectivity index (χ0n) is 7.27. The molecule has 0 aromatic rings. The lowest BCUT2D eigenvalue weighted by Crippen LogP contribution is -2.53. The van der Waals surface area contributed by atoms with Gasteiger partial charge in [0.05, 0.1) is 6.54 Å². The average molecular weight is 142 g/mol. The van der Waals surface area contributed by atoms with E-state index in [0.29, 0.717) is 0 Å². The smallest absolute Gasteiger partial charge is 0.0768 e. The second-order valence-corrected chi connectivity index (χ2v) is 3.97. The predicted octanol–water partition coefficient (Wildman–Crippen LogP) is 1.30. The molecule has 60 valence electrons. The molecular weight excluding hydrogens is 122 g/mol. The van der Waals surface area contributed by atoms with Crippen molar-refractivity contribution in [2.75, 3.05) is 6.54 Å². The van der Waals surface area contributed by atoms with Crippen LogP contribution in [0.3, 0.4) is 0 Å². The minimum atomic E-state index is 0.900. The summed E-state index contributed by atoms with van der Waals surface area (Å²) in [5.41, 5.74) is 3.96. The summed E-state index contributed by atoms with van der Waals surface area (Å²) in [6.07, 6.45) is 4.34. The lowest BCUT2D eigenvalue weighted by atomic mass is 9.93. The Morgan fingerprint density at radius 3 is 2.40 bits per heavy atom. The van der Waals surface area contributed by atoms with Gasteiger partial charge < -0.3 is 5.73 Å². The maximum Gasteiger partial charge on any atom is 0.0768 e. The van der Waals surface area contributed by atoms with Gasteiger partial charge >= 0.3 is 0 Å². The van der Waals surface area contributed by atoms with Crippen LogP contribution in [0.15, 0.2) is 0 Å². The van der Waals surface area contributed by atoms with Gasteiger partial charge in [-0.2, -0.15) is 0 Å². The Balaban J connectivity index is 2.28. The molecule has 1 heteroatoms. The Morgan fingerprint density at radius 1 is 1.40 bits per heavy atom. The second-order valence-electron chi connectivity index (χ2n) is 3.97. The van der Waals surface area contributed by atoms with E-state index in [2.05, 4.69) is 19.6 Å². The van der Waals surface area contributed by atoms with Gasteiger partial charge in [-0.05, 0) is 31.1 Å². The first kappa shape index (κ1) is 8.06. The van der Waals surface area contributed by atoms with Gasteiger partial charge in [0.15, 0.2) is 0 Å². The van der Waals surface area contributed by atoms with Gasteiger partial charge in [-0.25, -0.2) is 0 Å². The third kappa shape index (κ3) is 1.72. The number of hydrogen-bond acceptors (Lipinski definition) is 0. The third-order valence-electron chi connectivity index (χ3n) is 2.93. The van der Waals surface area contributed by atoms with E-state index in [1.807, 2.05) is 0 Å². The molecular formula is C9H20N+. The first-order valence-corrected chi connectivity index (χ1v) is 4.53. The number of hydrogen-bond donors (Lipinski definition) is 1. The van der Waals surface area contributed by atoms with Crippen LogP contribution in [0.4, 0.5) is 0 Å². The Kier molecular flexibility index (Phi) is 2.72. The molecule has 0 bridgehead atoms. The second kappa shape index (κ2) is 3.38. The SMILES string of the molecule is CC(C)C1CCC(C[NH3+])C1. The fraction of sp³-hybridized carbons (Fsp3) is 1.00. The quantitative estimate of drug-likeness (QED) is 0.602. The molecule has 1 saturated carbocycles. The molecule has 10 heavy (non-hydrogen) atoms. The molecule has 0 aromatic heterocycles. The van der Waals surface area contributed by atoms with Crippen LogP contribution in [0.5, 0.6) is 0 Å². The molecule has 1 aliphatic carbocycles. The molecule has 0 heterocycles. The van der Waals surface area contributed by atoms with Crippen molar-refractivity contribution < 1.29 is 5.73 Å². The van der Waals surface area contributed by atoms with E-state index in [9.17, 15) is 0 Å².